The Labute approximate surface area is 156 Å². The Morgan fingerprint density at radius 2 is 1.67 bits per heavy atom. The number of furan rings is 1. The number of nitrogens with one attached hydrogen (secondary N) is 2. The molecule has 3 rings (SSSR count). The standard InChI is InChI=1S/C21H19N3O3/c1-14-6-3-4-7-18(14)20(25)24-23-15(2)16-9-11-17(12-10-16)22-21(26)19-8-5-13-27-19/h3-13H,1-2H3,(H,22,26)(H,24,25)/b23-15+. The molecule has 0 bridgehead atoms. The lowest BCUT2D eigenvalue weighted by Crippen LogP contribution is -2.20. The molecule has 0 atom stereocenters. The number of amides is 2. The predicted octanol–water partition coefficient (Wildman–Crippen LogP) is 3.99. The van der Waals surface area contributed by atoms with Crippen LogP contribution in [0.25, 0.3) is 0 Å². The maximum absolute atomic E-state index is 12.2. The lowest BCUT2D eigenvalue weighted by molar-refractivity contribution is 0.0953. The number of hydrazone groups is 1. The monoisotopic (exact) mass is 361 g/mol. The van der Waals surface area contributed by atoms with E-state index in [0.29, 0.717) is 17.0 Å². The molecule has 2 N–H and O–H groups in total. The summed E-state index contributed by atoms with van der Waals surface area (Å²) >= 11 is 0. The third-order valence-electron chi connectivity index (χ3n) is 4.02. The molecule has 0 unspecified atom stereocenters. The van der Waals surface area contributed by atoms with Crippen molar-refractivity contribution in [2.75, 3.05) is 5.32 Å². The number of carbonyl (C=O) groups is 2. The molecule has 0 saturated heterocycles. The summed E-state index contributed by atoms with van der Waals surface area (Å²) in [5.41, 5.74) is 6.17. The van der Waals surface area contributed by atoms with Crippen molar-refractivity contribution in [1.82, 2.24) is 5.43 Å². The maximum Gasteiger partial charge on any atom is 0.291 e. The third kappa shape index (κ3) is 4.49. The molecule has 6 nitrogen and oxygen atoms in total. The summed E-state index contributed by atoms with van der Waals surface area (Å²) in [7, 11) is 0. The van der Waals surface area contributed by atoms with Crippen LogP contribution in [0, 0.1) is 6.92 Å². The first-order valence-electron chi connectivity index (χ1n) is 8.40. The molecule has 0 aliphatic rings. The molecular formula is C21H19N3O3. The van der Waals surface area contributed by atoms with Gasteiger partial charge in [0.25, 0.3) is 11.8 Å². The van der Waals surface area contributed by atoms with Crippen LogP contribution in [-0.2, 0) is 0 Å². The largest absolute Gasteiger partial charge is 0.459 e. The number of hydrogen-bond donors (Lipinski definition) is 2. The summed E-state index contributed by atoms with van der Waals surface area (Å²) in [5.74, 6) is -0.325. The van der Waals surface area contributed by atoms with E-state index >= 15 is 0 Å². The molecule has 1 heterocycles. The van der Waals surface area contributed by atoms with Crippen LogP contribution in [0.3, 0.4) is 0 Å². The van der Waals surface area contributed by atoms with E-state index in [0.717, 1.165) is 11.1 Å². The summed E-state index contributed by atoms with van der Waals surface area (Å²) in [6, 6.07) is 17.7. The van der Waals surface area contributed by atoms with Gasteiger partial charge in [-0.3, -0.25) is 9.59 Å². The van der Waals surface area contributed by atoms with Crippen molar-refractivity contribution < 1.29 is 14.0 Å². The Morgan fingerprint density at radius 1 is 0.926 bits per heavy atom. The van der Waals surface area contributed by atoms with Gasteiger partial charge in [0.2, 0.25) is 0 Å². The van der Waals surface area contributed by atoms with Crippen LogP contribution in [0.4, 0.5) is 5.69 Å². The van der Waals surface area contributed by atoms with Crippen molar-refractivity contribution in [3.05, 3.63) is 89.4 Å². The van der Waals surface area contributed by atoms with E-state index < -0.39 is 0 Å². The number of hydrogen-bond acceptors (Lipinski definition) is 4. The minimum absolute atomic E-state index is 0.246. The van der Waals surface area contributed by atoms with Gasteiger partial charge in [-0.2, -0.15) is 5.10 Å². The van der Waals surface area contributed by atoms with Gasteiger partial charge in [-0.15, -0.1) is 0 Å². The van der Waals surface area contributed by atoms with Crippen LogP contribution in [-0.4, -0.2) is 17.5 Å². The zero-order valence-electron chi connectivity index (χ0n) is 15.0. The molecule has 2 amide bonds. The number of aryl methyl sites for hydroxylation is 1. The quantitative estimate of drug-likeness (QED) is 0.532. The van der Waals surface area contributed by atoms with Gasteiger partial charge in [-0.05, 0) is 55.3 Å². The Hall–Kier alpha value is -3.67. The molecular weight excluding hydrogens is 342 g/mol. The molecule has 2 aromatic carbocycles. The second-order valence-electron chi connectivity index (χ2n) is 5.96. The number of anilines is 1. The molecule has 3 aromatic rings. The Balaban J connectivity index is 1.64. The van der Waals surface area contributed by atoms with Gasteiger partial charge in [0.05, 0.1) is 12.0 Å². The molecule has 0 radical (unpaired) electrons. The van der Waals surface area contributed by atoms with Gasteiger partial charge in [0.1, 0.15) is 0 Å². The van der Waals surface area contributed by atoms with Crippen LogP contribution >= 0.6 is 0 Å². The van der Waals surface area contributed by atoms with Gasteiger partial charge >= 0.3 is 0 Å². The first-order valence-corrected chi connectivity index (χ1v) is 8.40. The second-order valence-corrected chi connectivity index (χ2v) is 5.96. The molecule has 0 saturated carbocycles. The number of nitrogens with zero attached hydrogens (tertiary/aromatic N) is 1. The maximum atomic E-state index is 12.2. The van der Waals surface area contributed by atoms with E-state index in [1.165, 1.54) is 6.26 Å². The highest BCUT2D eigenvalue weighted by atomic mass is 16.3. The van der Waals surface area contributed by atoms with Crippen molar-refractivity contribution in [1.29, 1.82) is 0 Å². The summed E-state index contributed by atoms with van der Waals surface area (Å²) < 4.78 is 5.06. The van der Waals surface area contributed by atoms with Crippen molar-refractivity contribution >= 4 is 23.2 Å². The van der Waals surface area contributed by atoms with E-state index in [-0.39, 0.29) is 17.6 Å². The summed E-state index contributed by atoms with van der Waals surface area (Å²) in [6.45, 7) is 3.68. The Kier molecular flexibility index (Phi) is 5.47. The SMILES string of the molecule is C/C(=N\NC(=O)c1ccccc1C)c1ccc(NC(=O)c2ccco2)cc1. The number of benzene rings is 2. The normalized spacial score (nSPS) is 11.1. The Bertz CT molecular complexity index is 974. The highest BCUT2D eigenvalue weighted by molar-refractivity contribution is 6.03. The van der Waals surface area contributed by atoms with Gasteiger partial charge < -0.3 is 9.73 Å². The van der Waals surface area contributed by atoms with Gasteiger partial charge in [0, 0.05) is 11.3 Å². The van der Waals surface area contributed by atoms with Gasteiger partial charge in [-0.1, -0.05) is 30.3 Å². The van der Waals surface area contributed by atoms with Crippen LogP contribution in [0.2, 0.25) is 0 Å². The second kappa shape index (κ2) is 8.14. The van der Waals surface area contributed by atoms with E-state index in [4.69, 9.17) is 4.42 Å². The van der Waals surface area contributed by atoms with Gasteiger partial charge in [0.15, 0.2) is 5.76 Å². The number of rotatable bonds is 5. The fourth-order valence-corrected chi connectivity index (χ4v) is 2.48. The van der Waals surface area contributed by atoms with E-state index in [1.807, 2.05) is 37.3 Å². The third-order valence-corrected chi connectivity index (χ3v) is 4.02. The molecule has 0 aliphatic carbocycles. The van der Waals surface area contributed by atoms with Crippen LogP contribution in [0.15, 0.2) is 76.4 Å². The molecule has 27 heavy (non-hydrogen) atoms. The topological polar surface area (TPSA) is 83.7 Å². The van der Waals surface area contributed by atoms with E-state index in [1.54, 1.807) is 37.3 Å². The minimum atomic E-state index is -0.316. The predicted molar refractivity (Wildman–Crippen MR) is 104 cm³/mol. The zero-order chi connectivity index (χ0) is 19.2. The molecule has 0 aliphatic heterocycles. The summed E-state index contributed by atoms with van der Waals surface area (Å²) in [6.07, 6.45) is 1.45. The molecule has 136 valence electrons. The molecule has 0 spiro atoms. The molecule has 0 fully saturated rings. The van der Waals surface area contributed by atoms with Crippen molar-refractivity contribution in [2.45, 2.75) is 13.8 Å². The Morgan fingerprint density at radius 3 is 2.33 bits per heavy atom. The average molecular weight is 361 g/mol. The summed E-state index contributed by atoms with van der Waals surface area (Å²) in [5, 5.41) is 6.90. The van der Waals surface area contributed by atoms with Crippen LogP contribution < -0.4 is 10.7 Å². The summed E-state index contributed by atoms with van der Waals surface area (Å²) in [4.78, 5) is 24.2. The first-order chi connectivity index (χ1) is 13.0. The fourth-order valence-electron chi connectivity index (χ4n) is 2.48. The van der Waals surface area contributed by atoms with E-state index in [9.17, 15) is 9.59 Å². The molecule has 6 heteroatoms. The lowest BCUT2D eigenvalue weighted by atomic mass is 10.1. The highest BCUT2D eigenvalue weighted by Gasteiger charge is 2.09. The van der Waals surface area contributed by atoms with Crippen molar-refractivity contribution in [2.24, 2.45) is 5.10 Å². The fraction of sp³-hybridized carbons (Fsp3) is 0.0952. The van der Waals surface area contributed by atoms with Crippen molar-refractivity contribution in [3.63, 3.8) is 0 Å². The molecule has 1 aromatic heterocycles. The highest BCUT2D eigenvalue weighted by Crippen LogP contribution is 2.13. The number of carbonyl (C=O) groups excluding carboxylic acids is 2. The zero-order valence-corrected chi connectivity index (χ0v) is 15.0. The van der Waals surface area contributed by atoms with Crippen LogP contribution in [0.1, 0.15) is 39.0 Å². The first kappa shape index (κ1) is 18.1. The smallest absolute Gasteiger partial charge is 0.291 e. The average Bonchev–Trinajstić information content (AvgIpc) is 3.22. The van der Waals surface area contributed by atoms with Gasteiger partial charge in [-0.25, -0.2) is 5.43 Å². The van der Waals surface area contributed by atoms with Crippen LogP contribution in [0.5, 0.6) is 0 Å². The minimum Gasteiger partial charge on any atom is -0.459 e. The van der Waals surface area contributed by atoms with E-state index in [2.05, 4.69) is 15.8 Å². The lowest BCUT2D eigenvalue weighted by Gasteiger charge is -2.07. The van der Waals surface area contributed by atoms with Crippen molar-refractivity contribution in [3.8, 4) is 0 Å².